The third kappa shape index (κ3) is 6.53. The van der Waals surface area contributed by atoms with Crippen molar-refractivity contribution in [1.29, 1.82) is 0 Å². The Morgan fingerprint density at radius 2 is 1.67 bits per heavy atom. The Bertz CT molecular complexity index is 810. The number of nitrogens with zero attached hydrogens (tertiary/aromatic N) is 1. The highest BCUT2D eigenvalue weighted by Crippen LogP contribution is 2.51. The first-order valence-electron chi connectivity index (χ1n) is 11.7. The van der Waals surface area contributed by atoms with Gasteiger partial charge in [0.2, 0.25) is 0 Å². The Morgan fingerprint density at radius 1 is 1.00 bits per heavy atom. The fourth-order valence-electron chi connectivity index (χ4n) is 4.99. The normalized spacial score (nSPS) is 20.3. The smallest absolute Gasteiger partial charge is 0.122 e. The molecular formula is C27H41NO5. The molecular weight excluding hydrogens is 418 g/mol. The maximum atomic E-state index is 11.5. The van der Waals surface area contributed by atoms with Crippen LogP contribution in [0.5, 0.6) is 11.5 Å². The second kappa shape index (κ2) is 12.7. The van der Waals surface area contributed by atoms with Crippen LogP contribution in [-0.4, -0.2) is 59.8 Å². The molecule has 1 aromatic carbocycles. The monoisotopic (exact) mass is 459 g/mol. The van der Waals surface area contributed by atoms with Gasteiger partial charge in [0, 0.05) is 36.4 Å². The molecule has 0 saturated carbocycles. The van der Waals surface area contributed by atoms with Crippen molar-refractivity contribution in [3.05, 3.63) is 47.4 Å². The Morgan fingerprint density at radius 3 is 2.18 bits per heavy atom. The second-order valence-corrected chi connectivity index (χ2v) is 9.07. The van der Waals surface area contributed by atoms with Gasteiger partial charge in [0.25, 0.3) is 0 Å². The molecule has 0 fully saturated rings. The third-order valence-corrected chi connectivity index (χ3v) is 6.92. The minimum absolute atomic E-state index is 0.0551. The van der Waals surface area contributed by atoms with Crippen molar-refractivity contribution in [2.45, 2.75) is 39.5 Å². The molecule has 6 heteroatoms. The summed E-state index contributed by atoms with van der Waals surface area (Å²) >= 11 is 0. The zero-order valence-corrected chi connectivity index (χ0v) is 21.3. The minimum Gasteiger partial charge on any atom is -0.500 e. The SMILES string of the molecule is COC1=C[C@H](CC=O)C(CCCN(C)CCc2cc(OC)cc(OC)c2)(C(C)C)C(OC)=C1. The fraction of sp³-hybridized carbons (Fsp3) is 0.593. The van der Waals surface area contributed by atoms with Gasteiger partial charge in [-0.05, 0) is 62.5 Å². The van der Waals surface area contributed by atoms with Crippen molar-refractivity contribution in [1.82, 2.24) is 4.90 Å². The number of methoxy groups -OCH3 is 4. The van der Waals surface area contributed by atoms with Gasteiger partial charge in [0.05, 0.1) is 28.4 Å². The van der Waals surface area contributed by atoms with Gasteiger partial charge in [-0.25, -0.2) is 0 Å². The maximum absolute atomic E-state index is 11.5. The van der Waals surface area contributed by atoms with E-state index >= 15 is 0 Å². The standard InChI is InChI=1S/C27H41NO5/c1-20(2)27(22(10-14-29)17-25(32-6)19-26(27)33-7)11-8-12-28(3)13-9-21-15-23(30-4)18-24(16-21)31-5/h14-20,22H,8-13H2,1-7H3/t22-,27?/m0/s1. The molecule has 33 heavy (non-hydrogen) atoms. The van der Waals surface area contributed by atoms with Gasteiger partial charge < -0.3 is 28.6 Å². The van der Waals surface area contributed by atoms with Crippen LogP contribution in [0.3, 0.4) is 0 Å². The van der Waals surface area contributed by atoms with Crippen molar-refractivity contribution in [2.24, 2.45) is 17.3 Å². The van der Waals surface area contributed by atoms with Crippen LogP contribution in [0.1, 0.15) is 38.7 Å². The summed E-state index contributed by atoms with van der Waals surface area (Å²) in [6.07, 6.45) is 8.41. The van der Waals surface area contributed by atoms with Gasteiger partial charge in [-0.1, -0.05) is 13.8 Å². The lowest BCUT2D eigenvalue weighted by Crippen LogP contribution is -2.40. The summed E-state index contributed by atoms with van der Waals surface area (Å²) in [5.74, 6) is 3.67. The molecule has 2 rings (SSSR count). The summed E-state index contributed by atoms with van der Waals surface area (Å²) in [6, 6.07) is 6.01. The van der Waals surface area contributed by atoms with E-state index in [-0.39, 0.29) is 11.3 Å². The number of carbonyl (C=O) groups excluding carboxylic acids is 1. The number of carbonyl (C=O) groups is 1. The first kappa shape index (κ1) is 26.8. The lowest BCUT2D eigenvalue weighted by molar-refractivity contribution is -0.109. The summed E-state index contributed by atoms with van der Waals surface area (Å²) in [4.78, 5) is 13.9. The molecule has 0 radical (unpaired) electrons. The predicted octanol–water partition coefficient (Wildman–Crippen LogP) is 4.88. The van der Waals surface area contributed by atoms with E-state index in [0.29, 0.717) is 12.3 Å². The Hall–Kier alpha value is -2.47. The lowest BCUT2D eigenvalue weighted by Gasteiger charge is -2.46. The van der Waals surface area contributed by atoms with Crippen LogP contribution >= 0.6 is 0 Å². The zero-order chi connectivity index (χ0) is 24.4. The molecule has 0 amide bonds. The van der Waals surface area contributed by atoms with Crippen molar-refractivity contribution < 1.29 is 23.7 Å². The summed E-state index contributed by atoms with van der Waals surface area (Å²) in [5, 5.41) is 0. The summed E-state index contributed by atoms with van der Waals surface area (Å²) in [5.41, 5.74) is 0.968. The number of rotatable bonds is 14. The van der Waals surface area contributed by atoms with E-state index in [2.05, 4.69) is 44.0 Å². The van der Waals surface area contributed by atoms with Gasteiger partial charge in [-0.15, -0.1) is 0 Å². The van der Waals surface area contributed by atoms with Crippen molar-refractivity contribution in [3.8, 4) is 11.5 Å². The molecule has 184 valence electrons. The number of benzene rings is 1. The molecule has 0 N–H and O–H groups in total. The Labute approximate surface area is 199 Å². The number of ether oxygens (including phenoxy) is 4. The molecule has 0 aliphatic heterocycles. The van der Waals surface area contributed by atoms with Crippen LogP contribution in [0.2, 0.25) is 0 Å². The zero-order valence-electron chi connectivity index (χ0n) is 21.3. The van der Waals surface area contributed by atoms with E-state index in [9.17, 15) is 4.79 Å². The second-order valence-electron chi connectivity index (χ2n) is 9.07. The lowest BCUT2D eigenvalue weighted by atomic mass is 9.61. The molecule has 1 aliphatic carbocycles. The van der Waals surface area contributed by atoms with Gasteiger partial charge in [-0.3, -0.25) is 0 Å². The maximum Gasteiger partial charge on any atom is 0.122 e. The molecule has 0 aromatic heterocycles. The number of hydrogen-bond donors (Lipinski definition) is 0. The summed E-state index contributed by atoms with van der Waals surface area (Å²) in [6.45, 7) is 6.33. The Balaban J connectivity index is 2.05. The van der Waals surface area contributed by atoms with Crippen LogP contribution in [0, 0.1) is 17.3 Å². The molecule has 0 spiro atoms. The van der Waals surface area contributed by atoms with Crippen molar-refractivity contribution in [2.75, 3.05) is 48.6 Å². The average molecular weight is 460 g/mol. The predicted molar refractivity (Wildman–Crippen MR) is 132 cm³/mol. The van der Waals surface area contributed by atoms with E-state index in [1.165, 1.54) is 5.56 Å². The van der Waals surface area contributed by atoms with Crippen LogP contribution in [0.4, 0.5) is 0 Å². The summed E-state index contributed by atoms with van der Waals surface area (Å²) in [7, 11) is 8.87. The first-order valence-corrected chi connectivity index (χ1v) is 11.7. The molecule has 0 saturated heterocycles. The van der Waals surface area contributed by atoms with E-state index in [1.807, 2.05) is 12.1 Å². The van der Waals surface area contributed by atoms with Gasteiger partial charge in [-0.2, -0.15) is 0 Å². The molecule has 2 atom stereocenters. The van der Waals surface area contributed by atoms with E-state index in [0.717, 1.165) is 61.7 Å². The van der Waals surface area contributed by atoms with E-state index in [1.54, 1.807) is 28.4 Å². The topological polar surface area (TPSA) is 57.2 Å². The van der Waals surface area contributed by atoms with Crippen molar-refractivity contribution in [3.63, 3.8) is 0 Å². The molecule has 6 nitrogen and oxygen atoms in total. The fourth-order valence-corrected chi connectivity index (χ4v) is 4.99. The molecule has 0 bridgehead atoms. The number of hydrogen-bond acceptors (Lipinski definition) is 6. The number of likely N-dealkylation sites (N-methyl/N-ethyl adjacent to an activating group) is 1. The third-order valence-electron chi connectivity index (χ3n) is 6.92. The molecule has 1 aromatic rings. The van der Waals surface area contributed by atoms with E-state index < -0.39 is 0 Å². The molecule has 0 heterocycles. The van der Waals surface area contributed by atoms with Crippen LogP contribution in [0.25, 0.3) is 0 Å². The quantitative estimate of drug-likeness (QED) is 0.370. The largest absolute Gasteiger partial charge is 0.500 e. The molecule has 1 aliphatic rings. The minimum atomic E-state index is -0.224. The highest BCUT2D eigenvalue weighted by Gasteiger charge is 2.46. The van der Waals surface area contributed by atoms with Gasteiger partial charge >= 0.3 is 0 Å². The number of aldehydes is 1. The van der Waals surface area contributed by atoms with E-state index in [4.69, 9.17) is 18.9 Å². The highest BCUT2D eigenvalue weighted by molar-refractivity contribution is 5.52. The molecule has 1 unspecified atom stereocenters. The van der Waals surface area contributed by atoms with Crippen LogP contribution in [0.15, 0.2) is 41.9 Å². The first-order chi connectivity index (χ1) is 15.8. The van der Waals surface area contributed by atoms with Crippen LogP contribution < -0.4 is 9.47 Å². The van der Waals surface area contributed by atoms with Gasteiger partial charge in [0.1, 0.15) is 29.3 Å². The van der Waals surface area contributed by atoms with Gasteiger partial charge in [0.15, 0.2) is 0 Å². The van der Waals surface area contributed by atoms with Crippen molar-refractivity contribution >= 4 is 6.29 Å². The number of allylic oxidation sites excluding steroid dienone is 3. The summed E-state index contributed by atoms with van der Waals surface area (Å²) < 4.78 is 22.1. The Kier molecular flexibility index (Phi) is 10.3. The van der Waals surface area contributed by atoms with Crippen LogP contribution in [-0.2, 0) is 20.7 Å². The highest BCUT2D eigenvalue weighted by atomic mass is 16.5. The average Bonchev–Trinajstić information content (AvgIpc) is 2.82.